The lowest BCUT2D eigenvalue weighted by Gasteiger charge is -2.16. The van der Waals surface area contributed by atoms with Crippen molar-refractivity contribution < 1.29 is 24.3 Å². The van der Waals surface area contributed by atoms with E-state index in [4.69, 9.17) is 14.6 Å². The van der Waals surface area contributed by atoms with Crippen LogP contribution in [0.15, 0.2) is 12.1 Å². The molecule has 7 heteroatoms. The molecule has 1 aromatic carbocycles. The van der Waals surface area contributed by atoms with Gasteiger partial charge in [-0.25, -0.2) is 4.79 Å². The molecule has 0 saturated heterocycles. The molecule has 1 N–H and O–H groups in total. The number of carbonyl (C=O) groups is 1. The van der Waals surface area contributed by atoms with Crippen LogP contribution in [0.2, 0.25) is 0 Å². The molecule has 0 aromatic heterocycles. The second kappa shape index (κ2) is 5.77. The summed E-state index contributed by atoms with van der Waals surface area (Å²) in [4.78, 5) is 21.3. The largest absolute Gasteiger partial charge is 0.493 e. The lowest BCUT2D eigenvalue weighted by Crippen LogP contribution is -2.12. The van der Waals surface area contributed by atoms with Gasteiger partial charge in [-0.2, -0.15) is 0 Å². The molecule has 0 amide bonds. The Morgan fingerprint density at radius 2 is 2.00 bits per heavy atom. The Morgan fingerprint density at radius 3 is 2.50 bits per heavy atom. The topological polar surface area (TPSA) is 98.9 Å². The summed E-state index contributed by atoms with van der Waals surface area (Å²) in [5.41, 5.74) is -0.906. The fourth-order valence-corrected chi connectivity index (χ4v) is 2.31. The van der Waals surface area contributed by atoms with Crippen LogP contribution in [0.25, 0.3) is 0 Å². The maximum atomic E-state index is 11.0. The van der Waals surface area contributed by atoms with E-state index in [1.807, 2.05) is 0 Å². The van der Waals surface area contributed by atoms with Crippen molar-refractivity contribution in [2.24, 2.45) is 0 Å². The predicted molar refractivity (Wildman–Crippen MR) is 69.5 cm³/mol. The van der Waals surface area contributed by atoms with Gasteiger partial charge < -0.3 is 14.6 Å². The molecule has 0 radical (unpaired) electrons. The Morgan fingerprint density at radius 1 is 1.35 bits per heavy atom. The number of aromatic carboxylic acids is 1. The van der Waals surface area contributed by atoms with Crippen molar-refractivity contribution in [3.8, 4) is 11.5 Å². The number of hydrogen-bond donors (Lipinski definition) is 1. The molecule has 1 aromatic rings. The van der Waals surface area contributed by atoms with E-state index in [1.54, 1.807) is 0 Å². The lowest BCUT2D eigenvalue weighted by molar-refractivity contribution is -0.385. The third-order valence-corrected chi connectivity index (χ3v) is 3.30. The highest BCUT2D eigenvalue weighted by Crippen LogP contribution is 2.37. The number of carboxylic acids is 1. The van der Waals surface area contributed by atoms with Gasteiger partial charge in [0.2, 0.25) is 0 Å². The summed E-state index contributed by atoms with van der Waals surface area (Å²) in [5, 5.41) is 20.0. The zero-order chi connectivity index (χ0) is 14.7. The third kappa shape index (κ3) is 2.81. The van der Waals surface area contributed by atoms with Gasteiger partial charge in [-0.1, -0.05) is 0 Å². The molecule has 2 rings (SSSR count). The molecule has 0 bridgehead atoms. The smallest absolute Gasteiger partial charge is 0.342 e. The molecule has 0 heterocycles. The second-order valence-electron chi connectivity index (χ2n) is 4.61. The average Bonchev–Trinajstić information content (AvgIpc) is 2.90. The molecule has 7 nitrogen and oxygen atoms in total. The Bertz CT molecular complexity index is 536. The number of nitro benzene ring substituents is 1. The number of nitrogens with zero attached hydrogens (tertiary/aromatic N) is 1. The SMILES string of the molecule is COc1cc(C(=O)O)c([N+](=O)[O-])cc1OC1CCCC1. The van der Waals surface area contributed by atoms with E-state index in [1.165, 1.54) is 7.11 Å². The number of benzene rings is 1. The first-order valence-electron chi connectivity index (χ1n) is 6.29. The highest BCUT2D eigenvalue weighted by molar-refractivity contribution is 5.93. The summed E-state index contributed by atoms with van der Waals surface area (Å²) in [7, 11) is 1.37. The van der Waals surface area contributed by atoms with E-state index in [0.717, 1.165) is 37.8 Å². The summed E-state index contributed by atoms with van der Waals surface area (Å²) in [6, 6.07) is 2.26. The van der Waals surface area contributed by atoms with E-state index in [9.17, 15) is 14.9 Å². The van der Waals surface area contributed by atoms with Crippen LogP contribution in [-0.4, -0.2) is 29.2 Å². The summed E-state index contributed by atoms with van der Waals surface area (Å²) < 4.78 is 10.8. The normalized spacial score (nSPS) is 15.1. The van der Waals surface area contributed by atoms with Crippen LogP contribution in [0.1, 0.15) is 36.0 Å². The zero-order valence-electron chi connectivity index (χ0n) is 11.0. The Kier molecular flexibility index (Phi) is 4.07. The van der Waals surface area contributed by atoms with E-state index >= 15 is 0 Å². The van der Waals surface area contributed by atoms with E-state index in [2.05, 4.69) is 0 Å². The lowest BCUT2D eigenvalue weighted by atomic mass is 10.1. The first kappa shape index (κ1) is 14.1. The van der Waals surface area contributed by atoms with E-state index in [0.29, 0.717) is 0 Å². The molecule has 20 heavy (non-hydrogen) atoms. The molecular formula is C13H15NO6. The quantitative estimate of drug-likeness (QED) is 0.658. The Labute approximate surface area is 115 Å². The van der Waals surface area contributed by atoms with Crippen molar-refractivity contribution >= 4 is 11.7 Å². The van der Waals surface area contributed by atoms with Crippen LogP contribution < -0.4 is 9.47 Å². The molecule has 1 fully saturated rings. The van der Waals surface area contributed by atoms with Gasteiger partial charge in [0.25, 0.3) is 5.69 Å². The van der Waals surface area contributed by atoms with Gasteiger partial charge in [-0.05, 0) is 25.7 Å². The second-order valence-corrected chi connectivity index (χ2v) is 4.61. The Balaban J connectivity index is 2.41. The minimum atomic E-state index is -1.37. The van der Waals surface area contributed by atoms with Gasteiger partial charge in [0, 0.05) is 6.07 Å². The number of ether oxygens (including phenoxy) is 2. The minimum Gasteiger partial charge on any atom is -0.493 e. The molecule has 1 aliphatic carbocycles. The average molecular weight is 281 g/mol. The number of hydrogen-bond acceptors (Lipinski definition) is 5. The van der Waals surface area contributed by atoms with Crippen LogP contribution in [0.5, 0.6) is 11.5 Å². The summed E-state index contributed by atoms with van der Waals surface area (Å²) in [5.74, 6) is -0.960. The summed E-state index contributed by atoms with van der Waals surface area (Å²) >= 11 is 0. The monoisotopic (exact) mass is 281 g/mol. The fourth-order valence-electron chi connectivity index (χ4n) is 2.31. The molecule has 0 aliphatic heterocycles. The van der Waals surface area contributed by atoms with Crippen molar-refractivity contribution in [2.45, 2.75) is 31.8 Å². The molecule has 1 aliphatic rings. The van der Waals surface area contributed by atoms with Crippen LogP contribution in [0.4, 0.5) is 5.69 Å². The highest BCUT2D eigenvalue weighted by atomic mass is 16.6. The molecule has 0 unspecified atom stereocenters. The number of rotatable bonds is 5. The van der Waals surface area contributed by atoms with Crippen molar-refractivity contribution in [3.63, 3.8) is 0 Å². The predicted octanol–water partition coefficient (Wildman–Crippen LogP) is 2.62. The number of carboxylic acid groups (broad SMARTS) is 1. The number of methoxy groups -OCH3 is 1. The standard InChI is InChI=1S/C13H15NO6/c1-19-11-6-9(13(15)16)10(14(17)18)7-12(11)20-8-4-2-3-5-8/h6-8H,2-5H2,1H3,(H,15,16). The molecule has 1 saturated carbocycles. The first-order valence-corrected chi connectivity index (χ1v) is 6.29. The van der Waals surface area contributed by atoms with Gasteiger partial charge in [0.1, 0.15) is 5.56 Å². The van der Waals surface area contributed by atoms with Crippen molar-refractivity contribution in [1.82, 2.24) is 0 Å². The minimum absolute atomic E-state index is 0.000757. The van der Waals surface area contributed by atoms with Gasteiger partial charge in [-0.15, -0.1) is 0 Å². The van der Waals surface area contributed by atoms with Crippen molar-refractivity contribution in [3.05, 3.63) is 27.8 Å². The van der Waals surface area contributed by atoms with Gasteiger partial charge in [0.05, 0.1) is 24.2 Å². The fraction of sp³-hybridized carbons (Fsp3) is 0.462. The zero-order valence-corrected chi connectivity index (χ0v) is 11.0. The molecule has 0 atom stereocenters. The molecular weight excluding hydrogens is 266 g/mol. The maximum absolute atomic E-state index is 11.0. The first-order chi connectivity index (χ1) is 9.52. The number of nitro groups is 1. The van der Waals surface area contributed by atoms with E-state index in [-0.39, 0.29) is 17.6 Å². The van der Waals surface area contributed by atoms with Gasteiger partial charge in [0.15, 0.2) is 11.5 Å². The van der Waals surface area contributed by atoms with Crippen LogP contribution in [0, 0.1) is 10.1 Å². The summed E-state index contributed by atoms with van der Waals surface area (Å²) in [6.07, 6.45) is 3.89. The van der Waals surface area contributed by atoms with Crippen LogP contribution >= 0.6 is 0 Å². The summed E-state index contributed by atoms with van der Waals surface area (Å²) in [6.45, 7) is 0. The Hall–Kier alpha value is -2.31. The van der Waals surface area contributed by atoms with Gasteiger partial charge >= 0.3 is 5.97 Å². The van der Waals surface area contributed by atoms with Crippen LogP contribution in [0.3, 0.4) is 0 Å². The van der Waals surface area contributed by atoms with Crippen LogP contribution in [-0.2, 0) is 0 Å². The highest BCUT2D eigenvalue weighted by Gasteiger charge is 2.26. The maximum Gasteiger partial charge on any atom is 0.342 e. The van der Waals surface area contributed by atoms with Crippen molar-refractivity contribution in [1.29, 1.82) is 0 Å². The van der Waals surface area contributed by atoms with Gasteiger partial charge in [-0.3, -0.25) is 10.1 Å². The molecule has 0 spiro atoms. The van der Waals surface area contributed by atoms with E-state index < -0.39 is 22.1 Å². The third-order valence-electron chi connectivity index (χ3n) is 3.30. The van der Waals surface area contributed by atoms with Crippen molar-refractivity contribution in [2.75, 3.05) is 7.11 Å². The molecule has 108 valence electrons.